The topological polar surface area (TPSA) is 58.5 Å². The molecule has 1 atom stereocenters. The highest BCUT2D eigenvalue weighted by atomic mass is 16.2. The summed E-state index contributed by atoms with van der Waals surface area (Å²) in [6.07, 6.45) is 8.62. The van der Waals surface area contributed by atoms with Gasteiger partial charge in [-0.1, -0.05) is 23.8 Å². The van der Waals surface area contributed by atoms with Crippen LogP contribution >= 0.6 is 0 Å². The van der Waals surface area contributed by atoms with Crippen LogP contribution in [0.15, 0.2) is 64.3 Å². The van der Waals surface area contributed by atoms with Crippen molar-refractivity contribution in [3.8, 4) is 0 Å². The van der Waals surface area contributed by atoms with Gasteiger partial charge in [-0.05, 0) is 56.0 Å². The lowest BCUT2D eigenvalue weighted by Gasteiger charge is -2.28. The molecule has 0 fully saturated rings. The van der Waals surface area contributed by atoms with Crippen LogP contribution in [0, 0.1) is 12.8 Å². The number of allylic oxidation sites excluding steroid dienone is 3. The minimum absolute atomic E-state index is 0.00432. The highest BCUT2D eigenvalue weighted by Gasteiger charge is 2.34. The molecule has 1 unspecified atom stereocenters. The second-order valence-corrected chi connectivity index (χ2v) is 6.46. The maximum atomic E-state index is 12.3. The number of nitrogens with one attached hydrogen (secondary N) is 1. The molecule has 1 heterocycles. The van der Waals surface area contributed by atoms with Crippen LogP contribution in [0.4, 0.5) is 0 Å². The largest absolute Gasteiger partial charge is 0.325 e. The number of benzene rings is 1. The van der Waals surface area contributed by atoms with E-state index in [4.69, 9.17) is 0 Å². The Morgan fingerprint density at radius 3 is 3.00 bits per heavy atom. The SMILES string of the molecule is Cc1cccc(C(=O)N=C2C=CC3C(=C2)NC(=O)C2=C3CCC2)c1. The zero-order chi connectivity index (χ0) is 16.7. The van der Waals surface area contributed by atoms with Gasteiger partial charge in [-0.2, -0.15) is 0 Å². The van der Waals surface area contributed by atoms with Gasteiger partial charge < -0.3 is 5.32 Å². The van der Waals surface area contributed by atoms with Crippen molar-refractivity contribution in [2.75, 3.05) is 0 Å². The highest BCUT2D eigenvalue weighted by Crippen LogP contribution is 2.39. The minimum atomic E-state index is -0.267. The van der Waals surface area contributed by atoms with Gasteiger partial charge >= 0.3 is 0 Å². The zero-order valence-corrected chi connectivity index (χ0v) is 13.5. The van der Waals surface area contributed by atoms with Gasteiger partial charge in [0.2, 0.25) is 0 Å². The number of aliphatic imine (C=N–C) groups is 1. The molecule has 0 bridgehead atoms. The van der Waals surface area contributed by atoms with Crippen molar-refractivity contribution >= 4 is 17.5 Å². The van der Waals surface area contributed by atoms with Gasteiger partial charge in [0.1, 0.15) is 0 Å². The number of rotatable bonds is 1. The maximum absolute atomic E-state index is 12.3. The summed E-state index contributed by atoms with van der Waals surface area (Å²) in [4.78, 5) is 28.7. The van der Waals surface area contributed by atoms with Crippen molar-refractivity contribution < 1.29 is 9.59 Å². The Morgan fingerprint density at radius 2 is 2.17 bits per heavy atom. The van der Waals surface area contributed by atoms with Gasteiger partial charge in [0.25, 0.3) is 11.8 Å². The Hall–Kier alpha value is -2.75. The van der Waals surface area contributed by atoms with E-state index in [1.165, 1.54) is 5.57 Å². The first-order valence-electron chi connectivity index (χ1n) is 8.24. The number of amides is 2. The van der Waals surface area contributed by atoms with Crippen LogP contribution in [-0.2, 0) is 4.79 Å². The van der Waals surface area contributed by atoms with E-state index in [1.807, 2.05) is 43.4 Å². The Labute approximate surface area is 140 Å². The fourth-order valence-corrected chi connectivity index (χ4v) is 3.62. The summed E-state index contributed by atoms with van der Waals surface area (Å²) >= 11 is 0. The molecule has 1 aromatic rings. The molecule has 1 aromatic carbocycles. The van der Waals surface area contributed by atoms with Crippen LogP contribution < -0.4 is 5.32 Å². The van der Waals surface area contributed by atoms with Gasteiger partial charge in [-0.15, -0.1) is 0 Å². The highest BCUT2D eigenvalue weighted by molar-refractivity contribution is 6.14. The molecule has 0 radical (unpaired) electrons. The second kappa shape index (κ2) is 5.71. The third kappa shape index (κ3) is 2.54. The number of aryl methyl sites for hydroxylation is 1. The number of carbonyl (C=O) groups is 2. The molecule has 4 rings (SSSR count). The molecule has 1 N–H and O–H groups in total. The number of fused-ring (bicyclic) bond motifs is 2. The van der Waals surface area contributed by atoms with E-state index in [9.17, 15) is 9.59 Å². The van der Waals surface area contributed by atoms with Crippen LogP contribution in [0.5, 0.6) is 0 Å². The van der Waals surface area contributed by atoms with E-state index in [0.717, 1.165) is 36.1 Å². The Morgan fingerprint density at radius 1 is 1.29 bits per heavy atom. The minimum Gasteiger partial charge on any atom is -0.325 e. The molecule has 4 nitrogen and oxygen atoms in total. The first kappa shape index (κ1) is 14.8. The van der Waals surface area contributed by atoms with E-state index in [0.29, 0.717) is 11.3 Å². The number of hydrogen-bond donors (Lipinski definition) is 1. The van der Waals surface area contributed by atoms with Crippen molar-refractivity contribution in [1.29, 1.82) is 0 Å². The summed E-state index contributed by atoms with van der Waals surface area (Å²) < 4.78 is 0. The second-order valence-electron chi connectivity index (χ2n) is 6.46. The lowest BCUT2D eigenvalue weighted by atomic mass is 9.85. The summed E-state index contributed by atoms with van der Waals surface area (Å²) in [5, 5.41) is 2.96. The predicted molar refractivity (Wildman–Crippen MR) is 92.7 cm³/mol. The van der Waals surface area contributed by atoms with E-state index < -0.39 is 0 Å². The standard InChI is InChI=1S/C20H18N2O2/c1-12-4-2-5-13(10-12)19(23)21-14-8-9-16-15-6-3-7-17(15)20(24)22-18(16)11-14/h2,4-5,8-11,16H,3,6-7H2,1H3,(H,22,24). The van der Waals surface area contributed by atoms with Gasteiger partial charge in [0.05, 0.1) is 5.71 Å². The molecule has 1 aliphatic heterocycles. The molecule has 24 heavy (non-hydrogen) atoms. The average molecular weight is 318 g/mol. The van der Waals surface area contributed by atoms with Gasteiger partial charge in [0, 0.05) is 22.8 Å². The molecule has 2 aliphatic carbocycles. The molecule has 4 heteroatoms. The van der Waals surface area contributed by atoms with Crippen LogP contribution in [0.1, 0.15) is 35.2 Å². The molecular weight excluding hydrogens is 300 g/mol. The van der Waals surface area contributed by atoms with Gasteiger partial charge in [-0.3, -0.25) is 9.59 Å². The number of carbonyl (C=O) groups excluding carboxylic acids is 2. The first-order chi connectivity index (χ1) is 11.6. The van der Waals surface area contributed by atoms with Crippen molar-refractivity contribution in [2.24, 2.45) is 10.9 Å². The van der Waals surface area contributed by atoms with E-state index in [2.05, 4.69) is 10.3 Å². The van der Waals surface area contributed by atoms with Crippen LogP contribution in [-0.4, -0.2) is 17.5 Å². The Kier molecular flexibility index (Phi) is 3.53. The average Bonchev–Trinajstić information content (AvgIpc) is 3.05. The summed E-state index contributed by atoms with van der Waals surface area (Å²) in [7, 11) is 0. The van der Waals surface area contributed by atoms with Crippen LogP contribution in [0.25, 0.3) is 0 Å². The Bertz CT molecular complexity index is 871. The third-order valence-corrected chi connectivity index (χ3v) is 4.76. The molecule has 0 aromatic heterocycles. The number of hydrogen-bond acceptors (Lipinski definition) is 2. The Balaban J connectivity index is 1.63. The summed E-state index contributed by atoms with van der Waals surface area (Å²) in [5.41, 5.74) is 5.18. The van der Waals surface area contributed by atoms with E-state index in [-0.39, 0.29) is 17.7 Å². The van der Waals surface area contributed by atoms with Gasteiger partial charge in [0.15, 0.2) is 0 Å². The smallest absolute Gasteiger partial charge is 0.277 e. The summed E-state index contributed by atoms with van der Waals surface area (Å²) in [5.74, 6) is -0.130. The molecule has 0 saturated carbocycles. The predicted octanol–water partition coefficient (Wildman–Crippen LogP) is 3.26. The van der Waals surface area contributed by atoms with Crippen molar-refractivity contribution in [3.63, 3.8) is 0 Å². The lowest BCUT2D eigenvalue weighted by molar-refractivity contribution is -0.117. The van der Waals surface area contributed by atoms with Crippen molar-refractivity contribution in [3.05, 3.63) is 70.5 Å². The van der Waals surface area contributed by atoms with Crippen molar-refractivity contribution in [1.82, 2.24) is 5.32 Å². The van der Waals surface area contributed by atoms with Crippen LogP contribution in [0.3, 0.4) is 0 Å². The fraction of sp³-hybridized carbons (Fsp3) is 0.250. The van der Waals surface area contributed by atoms with E-state index >= 15 is 0 Å². The molecule has 3 aliphatic rings. The first-order valence-corrected chi connectivity index (χ1v) is 8.24. The maximum Gasteiger partial charge on any atom is 0.277 e. The molecule has 0 spiro atoms. The number of nitrogens with zero attached hydrogens (tertiary/aromatic N) is 1. The summed E-state index contributed by atoms with van der Waals surface area (Å²) in [6.45, 7) is 1.95. The van der Waals surface area contributed by atoms with Crippen LogP contribution in [0.2, 0.25) is 0 Å². The molecular formula is C20H18N2O2. The summed E-state index contributed by atoms with van der Waals surface area (Å²) in [6, 6.07) is 7.39. The molecule has 0 saturated heterocycles. The monoisotopic (exact) mass is 318 g/mol. The van der Waals surface area contributed by atoms with Gasteiger partial charge in [-0.25, -0.2) is 4.99 Å². The fourth-order valence-electron chi connectivity index (χ4n) is 3.62. The molecule has 2 amide bonds. The molecule has 120 valence electrons. The van der Waals surface area contributed by atoms with Crippen molar-refractivity contribution in [2.45, 2.75) is 26.2 Å². The quantitative estimate of drug-likeness (QED) is 0.864. The van der Waals surface area contributed by atoms with E-state index in [1.54, 1.807) is 6.07 Å². The third-order valence-electron chi connectivity index (χ3n) is 4.76. The lowest BCUT2D eigenvalue weighted by Crippen LogP contribution is -2.35. The zero-order valence-electron chi connectivity index (χ0n) is 13.5. The normalized spacial score (nSPS) is 23.7.